The molecular formula is C19H21N3O2. The maximum Gasteiger partial charge on any atom is 0.274 e. The normalized spacial score (nSPS) is 10.8. The van der Waals surface area contributed by atoms with E-state index in [1.165, 1.54) is 0 Å². The Labute approximate surface area is 141 Å². The summed E-state index contributed by atoms with van der Waals surface area (Å²) in [7, 11) is 0. The van der Waals surface area contributed by atoms with E-state index in [2.05, 4.69) is 10.3 Å². The van der Waals surface area contributed by atoms with E-state index in [9.17, 15) is 4.79 Å². The second kappa shape index (κ2) is 6.74. The molecule has 5 heteroatoms. The molecule has 0 bridgehead atoms. The average molecular weight is 323 g/mol. The standard InChI is InChI=1S/C19H21N3O2/c1-4-12-24-16-10-6-5-9-15(16)21-19(23)17-14(3)20-18-13(2)8-7-11-22(17)18/h5-11H,4,12H2,1-3H3,(H,21,23). The van der Waals surface area contributed by atoms with Crippen molar-refractivity contribution in [1.29, 1.82) is 0 Å². The first kappa shape index (κ1) is 16.1. The number of carbonyl (C=O) groups excluding carboxylic acids is 1. The molecule has 3 rings (SSSR count). The summed E-state index contributed by atoms with van der Waals surface area (Å²) < 4.78 is 7.53. The van der Waals surface area contributed by atoms with Gasteiger partial charge in [0.1, 0.15) is 17.1 Å². The first-order valence-electron chi connectivity index (χ1n) is 8.09. The van der Waals surface area contributed by atoms with E-state index in [0.717, 1.165) is 17.6 Å². The van der Waals surface area contributed by atoms with Crippen LogP contribution in [0.5, 0.6) is 5.75 Å². The topological polar surface area (TPSA) is 55.6 Å². The first-order valence-corrected chi connectivity index (χ1v) is 8.09. The third-order valence-corrected chi connectivity index (χ3v) is 3.83. The molecule has 0 unspecified atom stereocenters. The van der Waals surface area contributed by atoms with Crippen LogP contribution >= 0.6 is 0 Å². The molecule has 0 aliphatic carbocycles. The minimum atomic E-state index is -0.196. The van der Waals surface area contributed by atoms with Gasteiger partial charge in [0.25, 0.3) is 5.91 Å². The van der Waals surface area contributed by atoms with E-state index in [1.807, 2.05) is 67.8 Å². The molecule has 0 saturated carbocycles. The smallest absolute Gasteiger partial charge is 0.274 e. The van der Waals surface area contributed by atoms with Crippen LogP contribution in [0, 0.1) is 13.8 Å². The number of anilines is 1. The number of ether oxygens (including phenoxy) is 1. The molecule has 0 aliphatic rings. The number of nitrogens with one attached hydrogen (secondary N) is 1. The Kier molecular flexibility index (Phi) is 4.51. The second-order valence-corrected chi connectivity index (χ2v) is 5.73. The van der Waals surface area contributed by atoms with Crippen LogP contribution < -0.4 is 10.1 Å². The lowest BCUT2D eigenvalue weighted by Gasteiger charge is -2.12. The minimum Gasteiger partial charge on any atom is -0.491 e. The molecule has 2 heterocycles. The van der Waals surface area contributed by atoms with Crippen LogP contribution in [-0.4, -0.2) is 21.9 Å². The van der Waals surface area contributed by atoms with Crippen LogP contribution in [0.4, 0.5) is 5.69 Å². The number of aromatic nitrogens is 2. The SMILES string of the molecule is CCCOc1ccccc1NC(=O)c1c(C)nc2c(C)cccn12. The van der Waals surface area contributed by atoms with Crippen molar-refractivity contribution in [3.8, 4) is 5.75 Å². The third-order valence-electron chi connectivity index (χ3n) is 3.83. The fraction of sp³-hybridized carbons (Fsp3) is 0.263. The highest BCUT2D eigenvalue weighted by Crippen LogP contribution is 2.25. The predicted octanol–water partition coefficient (Wildman–Crippen LogP) is 3.99. The van der Waals surface area contributed by atoms with E-state index in [-0.39, 0.29) is 5.91 Å². The summed E-state index contributed by atoms with van der Waals surface area (Å²) in [5, 5.41) is 2.95. The van der Waals surface area contributed by atoms with Gasteiger partial charge in [0.15, 0.2) is 0 Å². The van der Waals surface area contributed by atoms with Crippen molar-refractivity contribution in [3.63, 3.8) is 0 Å². The monoisotopic (exact) mass is 323 g/mol. The van der Waals surface area contributed by atoms with Gasteiger partial charge in [-0.25, -0.2) is 4.98 Å². The molecule has 0 aliphatic heterocycles. The fourth-order valence-electron chi connectivity index (χ4n) is 2.68. The first-order chi connectivity index (χ1) is 11.6. The highest BCUT2D eigenvalue weighted by atomic mass is 16.5. The van der Waals surface area contributed by atoms with Gasteiger partial charge in [-0.3, -0.25) is 9.20 Å². The summed E-state index contributed by atoms with van der Waals surface area (Å²) in [5.74, 6) is 0.480. The molecule has 1 N–H and O–H groups in total. The van der Waals surface area contributed by atoms with Crippen LogP contribution in [0.3, 0.4) is 0 Å². The van der Waals surface area contributed by atoms with Gasteiger partial charge < -0.3 is 10.1 Å². The molecule has 124 valence electrons. The molecule has 1 aromatic carbocycles. The lowest BCUT2D eigenvalue weighted by molar-refractivity contribution is 0.102. The van der Waals surface area contributed by atoms with Gasteiger partial charge in [-0.2, -0.15) is 0 Å². The van der Waals surface area contributed by atoms with Gasteiger partial charge in [0.2, 0.25) is 0 Å². The van der Waals surface area contributed by atoms with Crippen molar-refractivity contribution in [1.82, 2.24) is 9.38 Å². The maximum atomic E-state index is 12.8. The zero-order valence-corrected chi connectivity index (χ0v) is 14.2. The average Bonchev–Trinajstić information content (AvgIpc) is 2.91. The molecule has 5 nitrogen and oxygen atoms in total. The van der Waals surface area contributed by atoms with Crippen LogP contribution in [0.2, 0.25) is 0 Å². The van der Waals surface area contributed by atoms with E-state index in [0.29, 0.717) is 29.4 Å². The Morgan fingerprint density at radius 3 is 2.79 bits per heavy atom. The number of benzene rings is 1. The van der Waals surface area contributed by atoms with E-state index >= 15 is 0 Å². The third kappa shape index (κ3) is 2.97. The molecule has 0 saturated heterocycles. The van der Waals surface area contributed by atoms with Crippen LogP contribution in [0.1, 0.15) is 35.1 Å². The van der Waals surface area contributed by atoms with Crippen molar-refractivity contribution in [3.05, 3.63) is 59.5 Å². The number of hydrogen-bond donors (Lipinski definition) is 1. The maximum absolute atomic E-state index is 12.8. The molecule has 0 atom stereocenters. The summed E-state index contributed by atoms with van der Waals surface area (Å²) in [5.41, 5.74) is 3.74. The second-order valence-electron chi connectivity index (χ2n) is 5.73. The quantitative estimate of drug-likeness (QED) is 0.772. The van der Waals surface area contributed by atoms with Gasteiger partial charge in [-0.15, -0.1) is 0 Å². The zero-order valence-electron chi connectivity index (χ0n) is 14.2. The number of fused-ring (bicyclic) bond motifs is 1. The number of rotatable bonds is 5. The van der Waals surface area contributed by atoms with Crippen molar-refractivity contribution in [2.75, 3.05) is 11.9 Å². The number of nitrogens with zero attached hydrogens (tertiary/aromatic N) is 2. The summed E-state index contributed by atoms with van der Waals surface area (Å²) in [4.78, 5) is 17.3. The Morgan fingerprint density at radius 1 is 1.21 bits per heavy atom. The summed E-state index contributed by atoms with van der Waals surface area (Å²) in [6.07, 6.45) is 2.77. The van der Waals surface area contributed by atoms with Crippen molar-refractivity contribution >= 4 is 17.2 Å². The zero-order chi connectivity index (χ0) is 17.1. The summed E-state index contributed by atoms with van der Waals surface area (Å²) in [6, 6.07) is 11.4. The van der Waals surface area contributed by atoms with Gasteiger partial charge in [-0.1, -0.05) is 25.1 Å². The van der Waals surface area contributed by atoms with E-state index in [1.54, 1.807) is 0 Å². The number of aryl methyl sites for hydroxylation is 2. The molecular weight excluding hydrogens is 302 g/mol. The molecule has 0 radical (unpaired) electrons. The van der Waals surface area contributed by atoms with E-state index < -0.39 is 0 Å². The Bertz CT molecular complexity index is 883. The Morgan fingerprint density at radius 2 is 2.00 bits per heavy atom. The lowest BCUT2D eigenvalue weighted by atomic mass is 10.2. The predicted molar refractivity (Wildman–Crippen MR) is 94.8 cm³/mol. The van der Waals surface area contributed by atoms with E-state index in [4.69, 9.17) is 4.74 Å². The highest BCUT2D eigenvalue weighted by molar-refractivity contribution is 6.05. The minimum absolute atomic E-state index is 0.196. The lowest BCUT2D eigenvalue weighted by Crippen LogP contribution is -2.16. The van der Waals surface area contributed by atoms with Crippen molar-refractivity contribution in [2.45, 2.75) is 27.2 Å². The number of amides is 1. The van der Waals surface area contributed by atoms with Crippen LogP contribution in [0.15, 0.2) is 42.6 Å². The molecule has 0 fully saturated rings. The molecule has 24 heavy (non-hydrogen) atoms. The fourth-order valence-corrected chi connectivity index (χ4v) is 2.68. The van der Waals surface area contributed by atoms with Crippen molar-refractivity contribution in [2.24, 2.45) is 0 Å². The molecule has 3 aromatic rings. The number of carbonyl (C=O) groups is 1. The number of imidazole rings is 1. The van der Waals surface area contributed by atoms with Crippen LogP contribution in [0.25, 0.3) is 5.65 Å². The Balaban J connectivity index is 1.94. The van der Waals surface area contributed by atoms with Gasteiger partial charge >= 0.3 is 0 Å². The van der Waals surface area contributed by atoms with Gasteiger partial charge in [0, 0.05) is 6.20 Å². The number of para-hydroxylation sites is 2. The van der Waals surface area contributed by atoms with Gasteiger partial charge in [0.05, 0.1) is 18.0 Å². The molecule has 1 amide bonds. The Hall–Kier alpha value is -2.82. The van der Waals surface area contributed by atoms with Gasteiger partial charge in [-0.05, 0) is 44.0 Å². The van der Waals surface area contributed by atoms with Crippen LogP contribution in [-0.2, 0) is 0 Å². The summed E-state index contributed by atoms with van der Waals surface area (Å²) >= 11 is 0. The summed E-state index contributed by atoms with van der Waals surface area (Å²) in [6.45, 7) is 6.49. The number of pyridine rings is 1. The molecule has 0 spiro atoms. The number of hydrogen-bond acceptors (Lipinski definition) is 3. The van der Waals surface area contributed by atoms with Crippen molar-refractivity contribution < 1.29 is 9.53 Å². The largest absolute Gasteiger partial charge is 0.491 e. The highest BCUT2D eigenvalue weighted by Gasteiger charge is 2.18. The molecule has 2 aromatic heterocycles.